The molecule has 162 valence electrons. The zero-order chi connectivity index (χ0) is 22.7. The summed E-state index contributed by atoms with van der Waals surface area (Å²) in [6.07, 6.45) is 0.937. The average Bonchev–Trinajstić information content (AvgIpc) is 2.61. The van der Waals surface area contributed by atoms with Crippen LogP contribution in [-0.2, 0) is 24.8 Å². The zero-order valence-electron chi connectivity index (χ0n) is 16.8. The van der Waals surface area contributed by atoms with Crippen molar-refractivity contribution in [2.45, 2.75) is 11.8 Å². The molecule has 2 amide bonds. The lowest BCUT2D eigenvalue weighted by atomic mass is 10.1. The molecule has 3 N–H and O–H groups in total. The number of benzene rings is 2. The summed E-state index contributed by atoms with van der Waals surface area (Å²) in [5.74, 6) is -1.07. The molecule has 0 spiro atoms. The van der Waals surface area contributed by atoms with Crippen molar-refractivity contribution >= 4 is 48.9 Å². The van der Waals surface area contributed by atoms with Crippen LogP contribution in [0.15, 0.2) is 47.4 Å². The van der Waals surface area contributed by atoms with Gasteiger partial charge in [0, 0.05) is 32.4 Å². The van der Waals surface area contributed by atoms with Gasteiger partial charge in [-0.2, -0.15) is 0 Å². The fraction of sp³-hybridized carbons (Fsp3) is 0.222. The van der Waals surface area contributed by atoms with Crippen LogP contribution in [0.25, 0.3) is 0 Å². The predicted octanol–water partition coefficient (Wildman–Crippen LogP) is 1.52. The Kier molecular flexibility index (Phi) is 6.85. The minimum atomic E-state index is -3.71. The van der Waals surface area contributed by atoms with Gasteiger partial charge in [0.05, 0.1) is 22.4 Å². The number of sulfonamides is 2. The number of hydrogen-bond donors (Lipinski definition) is 3. The molecule has 0 aliphatic rings. The second-order valence-corrected chi connectivity index (χ2v) is 10.5. The van der Waals surface area contributed by atoms with Gasteiger partial charge in [0.25, 0.3) is 5.91 Å². The van der Waals surface area contributed by atoms with Crippen LogP contribution < -0.4 is 15.4 Å². The molecule has 12 heteroatoms. The molecule has 30 heavy (non-hydrogen) atoms. The Balaban J connectivity index is 2.43. The third-order valence-corrected chi connectivity index (χ3v) is 6.15. The maximum Gasteiger partial charge on any atom is 0.257 e. The Morgan fingerprint density at radius 3 is 2.10 bits per heavy atom. The van der Waals surface area contributed by atoms with Gasteiger partial charge in [-0.15, -0.1) is 0 Å². The number of rotatable bonds is 7. The summed E-state index contributed by atoms with van der Waals surface area (Å²) in [6, 6.07) is 9.73. The highest BCUT2D eigenvalue weighted by Crippen LogP contribution is 2.24. The van der Waals surface area contributed by atoms with Crippen molar-refractivity contribution < 1.29 is 26.4 Å². The van der Waals surface area contributed by atoms with Gasteiger partial charge in [0.15, 0.2) is 0 Å². The molecular weight excluding hydrogens is 432 g/mol. The summed E-state index contributed by atoms with van der Waals surface area (Å²) in [4.78, 5) is 24.1. The largest absolute Gasteiger partial charge is 0.326 e. The van der Waals surface area contributed by atoms with Crippen LogP contribution in [0.2, 0.25) is 0 Å². The van der Waals surface area contributed by atoms with Crippen LogP contribution >= 0.6 is 0 Å². The molecule has 0 bridgehead atoms. The van der Waals surface area contributed by atoms with Crippen LogP contribution in [0.5, 0.6) is 0 Å². The molecule has 0 saturated heterocycles. The first kappa shape index (κ1) is 23.3. The monoisotopic (exact) mass is 454 g/mol. The fourth-order valence-corrected chi connectivity index (χ4v) is 3.97. The van der Waals surface area contributed by atoms with Gasteiger partial charge in [0.1, 0.15) is 0 Å². The van der Waals surface area contributed by atoms with E-state index in [2.05, 4.69) is 15.4 Å². The zero-order valence-corrected chi connectivity index (χ0v) is 18.4. The van der Waals surface area contributed by atoms with Crippen molar-refractivity contribution in [3.63, 3.8) is 0 Å². The summed E-state index contributed by atoms with van der Waals surface area (Å²) in [5.41, 5.74) is 0.419. The second kappa shape index (κ2) is 8.81. The Morgan fingerprint density at radius 1 is 0.900 bits per heavy atom. The summed E-state index contributed by atoms with van der Waals surface area (Å²) in [7, 11) is -4.62. The van der Waals surface area contributed by atoms with Gasteiger partial charge in [-0.25, -0.2) is 21.1 Å². The van der Waals surface area contributed by atoms with E-state index in [1.165, 1.54) is 63.5 Å². The smallest absolute Gasteiger partial charge is 0.257 e. The van der Waals surface area contributed by atoms with Gasteiger partial charge in [-0.05, 0) is 36.4 Å². The standard InChI is InChI=1S/C18H22N4O6S2/c1-12(23)19-14-8-9-17(21-29(4,25)26)16(11-14)18(24)20-13-6-5-7-15(10-13)30(27,28)22(2)3/h5-11,21H,1-4H3,(H,19,23)(H,20,24). The molecule has 0 aromatic heterocycles. The lowest BCUT2D eigenvalue weighted by Gasteiger charge is -2.15. The molecule has 2 aromatic carbocycles. The van der Waals surface area contributed by atoms with Gasteiger partial charge in [-0.3, -0.25) is 14.3 Å². The first-order chi connectivity index (χ1) is 13.8. The van der Waals surface area contributed by atoms with E-state index in [4.69, 9.17) is 0 Å². The number of nitrogens with one attached hydrogen (secondary N) is 3. The van der Waals surface area contributed by atoms with Crippen LogP contribution in [0.4, 0.5) is 17.1 Å². The third-order valence-electron chi connectivity index (χ3n) is 3.75. The fourth-order valence-electron chi connectivity index (χ4n) is 2.45. The highest BCUT2D eigenvalue weighted by molar-refractivity contribution is 7.92. The minimum Gasteiger partial charge on any atom is -0.326 e. The lowest BCUT2D eigenvalue weighted by molar-refractivity contribution is -0.114. The lowest BCUT2D eigenvalue weighted by Crippen LogP contribution is -2.22. The highest BCUT2D eigenvalue weighted by Gasteiger charge is 2.19. The van der Waals surface area contributed by atoms with Gasteiger partial charge in [-0.1, -0.05) is 6.07 Å². The van der Waals surface area contributed by atoms with Crippen molar-refractivity contribution in [1.29, 1.82) is 0 Å². The van der Waals surface area contributed by atoms with E-state index in [-0.39, 0.29) is 33.4 Å². The van der Waals surface area contributed by atoms with E-state index in [9.17, 15) is 26.4 Å². The van der Waals surface area contributed by atoms with Crippen molar-refractivity contribution in [3.05, 3.63) is 48.0 Å². The third kappa shape index (κ3) is 6.02. The van der Waals surface area contributed by atoms with E-state index < -0.39 is 26.0 Å². The number of anilines is 3. The van der Waals surface area contributed by atoms with Crippen molar-refractivity contribution in [2.75, 3.05) is 35.7 Å². The SMILES string of the molecule is CC(=O)Nc1ccc(NS(C)(=O)=O)c(C(=O)Nc2cccc(S(=O)(=O)N(C)C)c2)c1. The van der Waals surface area contributed by atoms with Crippen LogP contribution in [0, 0.1) is 0 Å². The molecule has 2 rings (SSSR count). The number of nitrogens with zero attached hydrogens (tertiary/aromatic N) is 1. The molecule has 0 heterocycles. The van der Waals surface area contributed by atoms with E-state index >= 15 is 0 Å². The number of amides is 2. The minimum absolute atomic E-state index is 0.00108. The topological polar surface area (TPSA) is 142 Å². The number of carbonyl (C=O) groups excluding carboxylic acids is 2. The van der Waals surface area contributed by atoms with Gasteiger partial charge >= 0.3 is 0 Å². The molecule has 0 unspecified atom stereocenters. The Hall–Kier alpha value is -2.96. The Labute approximate surface area is 175 Å². The Morgan fingerprint density at radius 2 is 1.53 bits per heavy atom. The molecule has 0 fully saturated rings. The van der Waals surface area contributed by atoms with Crippen LogP contribution in [-0.4, -0.2) is 53.3 Å². The van der Waals surface area contributed by atoms with Crippen LogP contribution in [0.3, 0.4) is 0 Å². The first-order valence-corrected chi connectivity index (χ1v) is 11.9. The highest BCUT2D eigenvalue weighted by atomic mass is 32.2. The average molecular weight is 455 g/mol. The molecular formula is C18H22N4O6S2. The van der Waals surface area contributed by atoms with Gasteiger partial charge in [0.2, 0.25) is 26.0 Å². The van der Waals surface area contributed by atoms with Crippen molar-refractivity contribution in [2.24, 2.45) is 0 Å². The van der Waals surface area contributed by atoms with Crippen molar-refractivity contribution in [1.82, 2.24) is 4.31 Å². The molecule has 0 radical (unpaired) electrons. The van der Waals surface area contributed by atoms with Crippen molar-refractivity contribution in [3.8, 4) is 0 Å². The summed E-state index contributed by atoms with van der Waals surface area (Å²) in [6.45, 7) is 1.29. The van der Waals surface area contributed by atoms with E-state index in [0.29, 0.717) is 0 Å². The molecule has 0 aliphatic heterocycles. The summed E-state index contributed by atoms with van der Waals surface area (Å²) in [5, 5.41) is 5.06. The Bertz CT molecular complexity index is 1190. The molecule has 10 nitrogen and oxygen atoms in total. The quantitative estimate of drug-likeness (QED) is 0.579. The van der Waals surface area contributed by atoms with Crippen LogP contribution in [0.1, 0.15) is 17.3 Å². The first-order valence-electron chi connectivity index (χ1n) is 8.53. The molecule has 0 atom stereocenters. The maximum atomic E-state index is 12.8. The maximum absolute atomic E-state index is 12.8. The van der Waals surface area contributed by atoms with Gasteiger partial charge < -0.3 is 10.6 Å². The van der Waals surface area contributed by atoms with E-state index in [1.807, 2.05) is 0 Å². The predicted molar refractivity (Wildman–Crippen MR) is 114 cm³/mol. The molecule has 0 aliphatic carbocycles. The van der Waals surface area contributed by atoms with E-state index in [0.717, 1.165) is 10.6 Å². The molecule has 2 aromatic rings. The summed E-state index contributed by atoms with van der Waals surface area (Å²) < 4.78 is 51.1. The normalized spacial score (nSPS) is 11.8. The molecule has 0 saturated carbocycles. The number of carbonyl (C=O) groups is 2. The van der Waals surface area contributed by atoms with E-state index in [1.54, 1.807) is 0 Å². The summed E-state index contributed by atoms with van der Waals surface area (Å²) >= 11 is 0. The second-order valence-electron chi connectivity index (χ2n) is 6.59. The number of hydrogen-bond acceptors (Lipinski definition) is 6.